The normalized spacial score (nSPS) is 17.1. The molecule has 1 saturated carbocycles. The van der Waals surface area contributed by atoms with Gasteiger partial charge in [0.1, 0.15) is 11.5 Å². The summed E-state index contributed by atoms with van der Waals surface area (Å²) in [4.78, 5) is 11.8. The average molecular weight is 456 g/mol. The third kappa shape index (κ3) is 5.52. The quantitative estimate of drug-likeness (QED) is 0.369. The molecule has 3 aromatic rings. The lowest BCUT2D eigenvalue weighted by molar-refractivity contribution is -0.144. The number of rotatable bonds is 8. The molecule has 0 aliphatic heterocycles. The van der Waals surface area contributed by atoms with Gasteiger partial charge < -0.3 is 14.8 Å². The van der Waals surface area contributed by atoms with E-state index < -0.39 is 0 Å². The van der Waals surface area contributed by atoms with Gasteiger partial charge in [-0.05, 0) is 66.8 Å². The maximum atomic E-state index is 11.8. The summed E-state index contributed by atoms with van der Waals surface area (Å²) in [5.74, 6) is 1.57. The smallest absolute Gasteiger partial charge is 0.309 e. The second-order valence-corrected chi connectivity index (χ2v) is 8.32. The molecule has 0 amide bonds. The van der Waals surface area contributed by atoms with Gasteiger partial charge >= 0.3 is 5.97 Å². The number of esters is 1. The van der Waals surface area contributed by atoms with E-state index in [9.17, 15) is 4.79 Å². The predicted molar refractivity (Wildman–Crippen MR) is 124 cm³/mol. The summed E-state index contributed by atoms with van der Waals surface area (Å²) in [5.41, 5.74) is 3.29. The van der Waals surface area contributed by atoms with Crippen molar-refractivity contribution in [2.75, 3.05) is 11.9 Å². The van der Waals surface area contributed by atoms with E-state index in [4.69, 9.17) is 32.7 Å². The standard InChI is InChI=1S/C25H23Cl2NO3/c1-2-30-25(29)22-14-21(22)17-6-8-18(9-7-17)28-15-16-4-3-5-19(12-16)31-20-10-11-23(26)24(27)13-20/h3-13,21-22,28H,2,14-15H2,1H3. The maximum Gasteiger partial charge on any atom is 0.309 e. The summed E-state index contributed by atoms with van der Waals surface area (Å²) in [7, 11) is 0. The molecule has 3 aromatic carbocycles. The Bertz CT molecular complexity index is 1070. The second kappa shape index (κ2) is 9.63. The summed E-state index contributed by atoms with van der Waals surface area (Å²) < 4.78 is 11.0. The van der Waals surface area contributed by atoms with Crippen LogP contribution in [0.3, 0.4) is 0 Å². The Morgan fingerprint density at radius 1 is 1.00 bits per heavy atom. The molecule has 1 aliphatic carbocycles. The highest BCUT2D eigenvalue weighted by molar-refractivity contribution is 6.42. The Morgan fingerprint density at radius 3 is 2.52 bits per heavy atom. The van der Waals surface area contributed by atoms with Crippen LogP contribution in [-0.4, -0.2) is 12.6 Å². The van der Waals surface area contributed by atoms with Crippen LogP contribution in [0.1, 0.15) is 30.4 Å². The molecule has 0 bridgehead atoms. The van der Waals surface area contributed by atoms with E-state index in [0.717, 1.165) is 23.4 Å². The third-order valence-corrected chi connectivity index (χ3v) is 5.98. The van der Waals surface area contributed by atoms with E-state index in [1.807, 2.05) is 43.3 Å². The van der Waals surface area contributed by atoms with Crippen LogP contribution in [0.2, 0.25) is 10.0 Å². The van der Waals surface area contributed by atoms with Crippen molar-refractivity contribution in [1.29, 1.82) is 0 Å². The Labute approximate surface area is 192 Å². The summed E-state index contributed by atoms with van der Waals surface area (Å²) >= 11 is 12.0. The van der Waals surface area contributed by atoms with E-state index in [1.165, 1.54) is 5.56 Å². The van der Waals surface area contributed by atoms with Crippen LogP contribution in [0, 0.1) is 5.92 Å². The molecule has 4 nitrogen and oxygen atoms in total. The molecule has 2 atom stereocenters. The number of hydrogen-bond donors (Lipinski definition) is 1. The van der Waals surface area contributed by atoms with Gasteiger partial charge in [0.2, 0.25) is 0 Å². The van der Waals surface area contributed by atoms with Crippen molar-refractivity contribution in [3.63, 3.8) is 0 Å². The molecule has 0 spiro atoms. The van der Waals surface area contributed by atoms with Crippen LogP contribution in [0.4, 0.5) is 5.69 Å². The molecule has 0 saturated heterocycles. The van der Waals surface area contributed by atoms with Gasteiger partial charge in [0.05, 0.1) is 22.6 Å². The average Bonchev–Trinajstić information content (AvgIpc) is 3.57. The third-order valence-electron chi connectivity index (χ3n) is 5.24. The number of hydrogen-bond acceptors (Lipinski definition) is 4. The molecule has 31 heavy (non-hydrogen) atoms. The fourth-order valence-corrected chi connectivity index (χ4v) is 3.81. The molecule has 0 aromatic heterocycles. The number of nitrogens with one attached hydrogen (secondary N) is 1. The molecule has 0 radical (unpaired) electrons. The number of ether oxygens (including phenoxy) is 2. The number of carbonyl (C=O) groups excluding carboxylic acids is 1. The number of anilines is 1. The first-order chi connectivity index (χ1) is 15.0. The molecular weight excluding hydrogens is 433 g/mol. The largest absolute Gasteiger partial charge is 0.466 e. The first-order valence-corrected chi connectivity index (χ1v) is 11.0. The van der Waals surface area contributed by atoms with Crippen LogP contribution in [0.25, 0.3) is 0 Å². The minimum absolute atomic E-state index is 0.0111. The van der Waals surface area contributed by atoms with Crippen LogP contribution in [-0.2, 0) is 16.1 Å². The highest BCUT2D eigenvalue weighted by Gasteiger charge is 2.44. The van der Waals surface area contributed by atoms with Crippen molar-refractivity contribution in [2.45, 2.75) is 25.8 Å². The molecule has 1 fully saturated rings. The van der Waals surface area contributed by atoms with E-state index in [0.29, 0.717) is 28.9 Å². The van der Waals surface area contributed by atoms with Crippen LogP contribution >= 0.6 is 23.2 Å². The molecule has 1 N–H and O–H groups in total. The van der Waals surface area contributed by atoms with E-state index in [1.54, 1.807) is 18.2 Å². The molecule has 2 unspecified atom stereocenters. The van der Waals surface area contributed by atoms with Crippen molar-refractivity contribution >= 4 is 34.9 Å². The maximum absolute atomic E-state index is 11.8. The molecular formula is C25H23Cl2NO3. The zero-order valence-corrected chi connectivity index (χ0v) is 18.6. The zero-order chi connectivity index (χ0) is 21.8. The Hall–Kier alpha value is -2.69. The summed E-state index contributed by atoms with van der Waals surface area (Å²) in [6, 6.07) is 21.3. The van der Waals surface area contributed by atoms with Gasteiger partial charge in [-0.25, -0.2) is 0 Å². The van der Waals surface area contributed by atoms with Crippen LogP contribution in [0.5, 0.6) is 11.5 Å². The predicted octanol–water partition coefficient (Wildman–Crippen LogP) is 7.06. The second-order valence-electron chi connectivity index (χ2n) is 7.50. The Kier molecular flexibility index (Phi) is 6.69. The SMILES string of the molecule is CCOC(=O)C1CC1c1ccc(NCc2cccc(Oc3ccc(Cl)c(Cl)c3)c2)cc1. The topological polar surface area (TPSA) is 47.6 Å². The zero-order valence-electron chi connectivity index (χ0n) is 17.1. The van der Waals surface area contributed by atoms with Crippen LogP contribution in [0.15, 0.2) is 66.7 Å². The van der Waals surface area contributed by atoms with Gasteiger partial charge in [0.25, 0.3) is 0 Å². The van der Waals surface area contributed by atoms with Crippen molar-refractivity contribution in [3.8, 4) is 11.5 Å². The van der Waals surface area contributed by atoms with Crippen molar-refractivity contribution < 1.29 is 14.3 Å². The number of halogens is 2. The van der Waals surface area contributed by atoms with Crippen molar-refractivity contribution in [3.05, 3.63) is 87.9 Å². The fraction of sp³-hybridized carbons (Fsp3) is 0.240. The van der Waals surface area contributed by atoms with Gasteiger partial charge in [-0.2, -0.15) is 0 Å². The highest BCUT2D eigenvalue weighted by Crippen LogP contribution is 2.48. The van der Waals surface area contributed by atoms with E-state index >= 15 is 0 Å². The summed E-state index contributed by atoms with van der Waals surface area (Å²) in [6.45, 7) is 2.93. The fourth-order valence-electron chi connectivity index (χ4n) is 3.52. The monoisotopic (exact) mass is 455 g/mol. The Balaban J connectivity index is 1.33. The summed E-state index contributed by atoms with van der Waals surface area (Å²) in [5, 5.41) is 4.38. The number of carbonyl (C=O) groups is 1. The van der Waals surface area contributed by atoms with Crippen LogP contribution < -0.4 is 10.1 Å². The first-order valence-electron chi connectivity index (χ1n) is 10.3. The first kappa shape index (κ1) is 21.5. The lowest BCUT2D eigenvalue weighted by atomic mass is 10.1. The lowest BCUT2D eigenvalue weighted by Gasteiger charge is -2.10. The van der Waals surface area contributed by atoms with E-state index in [2.05, 4.69) is 17.4 Å². The Morgan fingerprint density at radius 2 is 1.77 bits per heavy atom. The molecule has 1 aliphatic rings. The summed E-state index contributed by atoms with van der Waals surface area (Å²) in [6.07, 6.45) is 0.872. The van der Waals surface area contributed by atoms with Gasteiger partial charge in [0, 0.05) is 18.3 Å². The molecule has 160 valence electrons. The van der Waals surface area contributed by atoms with Crippen molar-refractivity contribution in [1.82, 2.24) is 0 Å². The van der Waals surface area contributed by atoms with E-state index in [-0.39, 0.29) is 17.8 Å². The molecule has 0 heterocycles. The van der Waals surface area contributed by atoms with Gasteiger partial charge in [-0.15, -0.1) is 0 Å². The lowest BCUT2D eigenvalue weighted by Crippen LogP contribution is -2.07. The molecule has 4 rings (SSSR count). The minimum Gasteiger partial charge on any atom is -0.466 e. The number of benzene rings is 3. The van der Waals surface area contributed by atoms with Gasteiger partial charge in [0.15, 0.2) is 0 Å². The molecule has 6 heteroatoms. The minimum atomic E-state index is -0.0855. The van der Waals surface area contributed by atoms with Crippen molar-refractivity contribution in [2.24, 2.45) is 5.92 Å². The van der Waals surface area contributed by atoms with Gasteiger partial charge in [-0.3, -0.25) is 4.79 Å². The van der Waals surface area contributed by atoms with Gasteiger partial charge in [-0.1, -0.05) is 47.5 Å². The highest BCUT2D eigenvalue weighted by atomic mass is 35.5.